The Morgan fingerprint density at radius 2 is 1.91 bits per heavy atom. The van der Waals surface area contributed by atoms with Crippen molar-refractivity contribution in [1.29, 1.82) is 0 Å². The maximum absolute atomic E-state index is 13.4. The van der Waals surface area contributed by atoms with Gasteiger partial charge in [0.25, 0.3) is 5.91 Å². The van der Waals surface area contributed by atoms with Gasteiger partial charge in [0.15, 0.2) is 0 Å². The van der Waals surface area contributed by atoms with Crippen LogP contribution in [0.2, 0.25) is 0 Å². The molecule has 1 aliphatic rings. The molecule has 7 nitrogen and oxygen atoms in total. The van der Waals surface area contributed by atoms with Crippen LogP contribution in [0.4, 0.5) is 20.6 Å². The Hall–Kier alpha value is -3.72. The molecule has 0 aliphatic carbocycles. The summed E-state index contributed by atoms with van der Waals surface area (Å²) in [6.07, 6.45) is 0.358. The molecule has 0 spiro atoms. The van der Waals surface area contributed by atoms with E-state index in [1.165, 1.54) is 36.3 Å². The number of ether oxygens (including phenoxy) is 1. The topological polar surface area (TPSA) is 79.0 Å². The Balaban J connectivity index is 1.57. The van der Waals surface area contributed by atoms with Gasteiger partial charge >= 0.3 is 6.03 Å². The fourth-order valence-electron chi connectivity index (χ4n) is 3.88. The summed E-state index contributed by atoms with van der Waals surface area (Å²) in [5.74, 6) is -0.826. The van der Waals surface area contributed by atoms with Crippen molar-refractivity contribution in [3.8, 4) is 5.75 Å². The molecule has 34 heavy (non-hydrogen) atoms. The number of nitrogens with one attached hydrogen (secondary N) is 1. The molecule has 4 rings (SSSR count). The number of hydrogen-bond donors (Lipinski definition) is 1. The van der Waals surface area contributed by atoms with Crippen molar-refractivity contribution in [1.82, 2.24) is 4.90 Å². The summed E-state index contributed by atoms with van der Waals surface area (Å²) in [4.78, 5) is 43.2. The number of methoxy groups -OCH3 is 1. The lowest BCUT2D eigenvalue weighted by atomic mass is 10.1. The lowest BCUT2D eigenvalue weighted by Gasteiger charge is -2.21. The minimum atomic E-state index is -0.959. The second-order valence-electron chi connectivity index (χ2n) is 7.90. The molecule has 176 valence electrons. The third-order valence-electron chi connectivity index (χ3n) is 5.68. The summed E-state index contributed by atoms with van der Waals surface area (Å²) in [7, 11) is 1.50. The highest BCUT2D eigenvalue weighted by molar-refractivity contribution is 7.10. The van der Waals surface area contributed by atoms with Crippen LogP contribution in [0.25, 0.3) is 0 Å². The normalized spacial score (nSPS) is 15.7. The third kappa shape index (κ3) is 4.94. The Bertz CT molecular complexity index is 1210. The molecule has 4 amide bonds. The first-order valence-electron chi connectivity index (χ1n) is 10.7. The summed E-state index contributed by atoms with van der Waals surface area (Å²) in [5, 5.41) is 4.66. The number of rotatable bonds is 8. The van der Waals surface area contributed by atoms with Gasteiger partial charge in [-0.15, -0.1) is 11.3 Å². The highest BCUT2D eigenvalue weighted by atomic mass is 32.1. The minimum Gasteiger partial charge on any atom is -0.497 e. The van der Waals surface area contributed by atoms with Crippen molar-refractivity contribution in [2.45, 2.75) is 25.8 Å². The summed E-state index contributed by atoms with van der Waals surface area (Å²) in [5.41, 5.74) is 1.92. The lowest BCUT2D eigenvalue weighted by Crippen LogP contribution is -2.39. The molecule has 1 aliphatic heterocycles. The Morgan fingerprint density at radius 1 is 1.15 bits per heavy atom. The number of urea groups is 1. The van der Waals surface area contributed by atoms with Crippen LogP contribution in [0, 0.1) is 12.7 Å². The number of amides is 4. The molecule has 1 aromatic heterocycles. The van der Waals surface area contributed by atoms with Crippen LogP contribution in [-0.2, 0) is 16.0 Å². The van der Waals surface area contributed by atoms with Gasteiger partial charge in [0.1, 0.15) is 17.6 Å². The molecular weight excluding hydrogens is 457 g/mol. The smallest absolute Gasteiger partial charge is 0.332 e. The first-order chi connectivity index (χ1) is 16.4. The summed E-state index contributed by atoms with van der Waals surface area (Å²) in [6.45, 7) is 2.29. The second kappa shape index (κ2) is 10.0. The molecule has 1 saturated heterocycles. The van der Waals surface area contributed by atoms with Crippen LogP contribution >= 0.6 is 11.3 Å². The number of hydrogen-bond acceptors (Lipinski definition) is 5. The van der Waals surface area contributed by atoms with Gasteiger partial charge in [0.2, 0.25) is 5.91 Å². The van der Waals surface area contributed by atoms with Gasteiger partial charge in [-0.25, -0.2) is 14.1 Å². The largest absolute Gasteiger partial charge is 0.497 e. The number of aryl methyl sites for hydroxylation is 1. The molecule has 0 radical (unpaired) electrons. The molecule has 0 saturated carbocycles. The molecule has 1 atom stereocenters. The van der Waals surface area contributed by atoms with Crippen LogP contribution in [0.1, 0.15) is 16.9 Å². The van der Waals surface area contributed by atoms with Crippen molar-refractivity contribution in [3.63, 3.8) is 0 Å². The van der Waals surface area contributed by atoms with Gasteiger partial charge in [-0.1, -0.05) is 6.07 Å². The Labute approximate surface area is 200 Å². The average Bonchev–Trinajstić information content (AvgIpc) is 3.34. The fraction of sp³-hybridized carbons (Fsp3) is 0.240. The highest BCUT2D eigenvalue weighted by Crippen LogP contribution is 2.30. The number of carbonyl (C=O) groups excluding carboxylic acids is 3. The van der Waals surface area contributed by atoms with Crippen molar-refractivity contribution < 1.29 is 23.5 Å². The third-order valence-corrected chi connectivity index (χ3v) is 6.77. The molecule has 2 aromatic carbocycles. The van der Waals surface area contributed by atoms with Crippen molar-refractivity contribution in [2.75, 3.05) is 23.9 Å². The molecule has 2 heterocycles. The molecule has 0 unspecified atom stereocenters. The zero-order valence-electron chi connectivity index (χ0n) is 18.8. The summed E-state index contributed by atoms with van der Waals surface area (Å²) < 4.78 is 18.4. The van der Waals surface area contributed by atoms with E-state index < -0.39 is 29.7 Å². The number of thiophene rings is 1. The number of halogens is 1. The minimum absolute atomic E-state index is 0.216. The molecule has 0 bridgehead atoms. The van der Waals surface area contributed by atoms with Crippen molar-refractivity contribution >= 4 is 40.6 Å². The lowest BCUT2D eigenvalue weighted by molar-refractivity contribution is -0.124. The predicted molar refractivity (Wildman–Crippen MR) is 129 cm³/mol. The van der Waals surface area contributed by atoms with Gasteiger partial charge in [-0.2, -0.15) is 0 Å². The van der Waals surface area contributed by atoms with Gasteiger partial charge in [0.05, 0.1) is 19.2 Å². The van der Waals surface area contributed by atoms with Gasteiger partial charge in [-0.3, -0.25) is 9.59 Å². The maximum Gasteiger partial charge on any atom is 0.332 e. The first-order valence-corrected chi connectivity index (χ1v) is 11.6. The second-order valence-corrected chi connectivity index (χ2v) is 8.90. The van der Waals surface area contributed by atoms with E-state index in [1.807, 2.05) is 18.4 Å². The van der Waals surface area contributed by atoms with Crippen LogP contribution < -0.4 is 15.0 Å². The molecule has 1 N–H and O–H groups in total. The highest BCUT2D eigenvalue weighted by Gasteiger charge is 2.46. The summed E-state index contributed by atoms with van der Waals surface area (Å²) in [6, 6.07) is 12.6. The van der Waals surface area contributed by atoms with E-state index in [4.69, 9.17) is 4.74 Å². The standard InChI is InChI=1S/C25H24FN3O4S/c1-16-11-13-34-22(16)10-12-28-21(15-23(30)27-18-8-6-17(26)7-9-18)24(31)29(25(28)32)19-4-3-5-20(14-19)33-2/h3-9,11,13-14,21H,10,12,15H2,1-2H3,(H,27,30)/t21-/m0/s1. The molecule has 1 fully saturated rings. The zero-order valence-corrected chi connectivity index (χ0v) is 19.6. The predicted octanol–water partition coefficient (Wildman–Crippen LogP) is 4.61. The zero-order chi connectivity index (χ0) is 24.2. The van der Waals surface area contributed by atoms with Gasteiger partial charge in [0, 0.05) is 23.2 Å². The fourth-order valence-corrected chi connectivity index (χ4v) is 4.78. The summed E-state index contributed by atoms with van der Waals surface area (Å²) >= 11 is 1.59. The van der Waals surface area contributed by atoms with E-state index in [9.17, 15) is 18.8 Å². The number of benzene rings is 2. The number of carbonyl (C=O) groups is 3. The SMILES string of the molecule is COc1cccc(N2C(=O)[C@H](CC(=O)Nc3ccc(F)cc3)N(CCc3sccc3C)C2=O)c1. The van der Waals surface area contributed by atoms with E-state index in [0.29, 0.717) is 30.1 Å². The van der Waals surface area contributed by atoms with E-state index in [0.717, 1.165) is 15.3 Å². The van der Waals surface area contributed by atoms with Crippen LogP contribution in [0.5, 0.6) is 5.75 Å². The van der Waals surface area contributed by atoms with E-state index in [2.05, 4.69) is 5.32 Å². The van der Waals surface area contributed by atoms with E-state index in [-0.39, 0.29) is 6.42 Å². The number of nitrogens with zero attached hydrogens (tertiary/aromatic N) is 2. The molecule has 9 heteroatoms. The van der Waals surface area contributed by atoms with Gasteiger partial charge < -0.3 is 15.0 Å². The van der Waals surface area contributed by atoms with Crippen LogP contribution in [-0.4, -0.2) is 42.4 Å². The van der Waals surface area contributed by atoms with Crippen LogP contribution in [0.15, 0.2) is 60.0 Å². The first kappa shape index (κ1) is 23.4. The molecule has 3 aromatic rings. The van der Waals surface area contributed by atoms with E-state index >= 15 is 0 Å². The van der Waals surface area contributed by atoms with E-state index in [1.54, 1.807) is 35.6 Å². The average molecular weight is 482 g/mol. The van der Waals surface area contributed by atoms with Crippen molar-refractivity contribution in [3.05, 3.63) is 76.2 Å². The van der Waals surface area contributed by atoms with Gasteiger partial charge in [-0.05, 0) is 66.8 Å². The van der Waals surface area contributed by atoms with Crippen LogP contribution in [0.3, 0.4) is 0 Å². The number of anilines is 2. The monoisotopic (exact) mass is 481 g/mol. The Kier molecular flexibility index (Phi) is 6.93. The quantitative estimate of drug-likeness (QED) is 0.477. The Morgan fingerprint density at radius 3 is 2.59 bits per heavy atom. The molecular formula is C25H24FN3O4S. The maximum atomic E-state index is 13.4. The van der Waals surface area contributed by atoms with Crippen molar-refractivity contribution in [2.24, 2.45) is 0 Å². The number of imide groups is 1.